The third-order valence-electron chi connectivity index (χ3n) is 3.74. The Kier molecular flexibility index (Phi) is 5.40. The van der Waals surface area contributed by atoms with Crippen molar-refractivity contribution in [2.75, 3.05) is 25.2 Å². The fourth-order valence-corrected chi connectivity index (χ4v) is 2.84. The molecule has 1 heterocycles. The largest absolute Gasteiger partial charge is 0.338 e. The minimum Gasteiger partial charge on any atom is -0.338 e. The van der Waals surface area contributed by atoms with Crippen molar-refractivity contribution in [1.82, 2.24) is 10.1 Å². The first-order valence-electron chi connectivity index (χ1n) is 7.40. The Morgan fingerprint density at radius 1 is 1.33 bits per heavy atom. The van der Waals surface area contributed by atoms with Gasteiger partial charge in [0.1, 0.15) is 0 Å². The van der Waals surface area contributed by atoms with Gasteiger partial charge >= 0.3 is 0 Å². The summed E-state index contributed by atoms with van der Waals surface area (Å²) in [6.45, 7) is 3.88. The topological polar surface area (TPSA) is 92.5 Å². The van der Waals surface area contributed by atoms with E-state index in [1.165, 1.54) is 6.26 Å². The van der Waals surface area contributed by atoms with Crippen LogP contribution in [-0.2, 0) is 14.6 Å². The highest BCUT2D eigenvalue weighted by Gasteiger charge is 2.17. The predicted octanol–water partition coefficient (Wildman–Crippen LogP) is 2.02. The van der Waals surface area contributed by atoms with Gasteiger partial charge < -0.3 is 4.52 Å². The summed E-state index contributed by atoms with van der Waals surface area (Å²) in [5.74, 6) is 0.101. The molecule has 0 aliphatic rings. The third-order valence-corrected chi connectivity index (χ3v) is 4.86. The molecule has 1 N–H and O–H groups in total. The van der Waals surface area contributed by atoms with Gasteiger partial charge in [0.25, 0.3) is 0 Å². The number of hydrogen-bond donors (Lipinski definition) is 1. The summed E-state index contributed by atoms with van der Waals surface area (Å²) in [5, 5.41) is 6.35. The number of nitrogens with zero attached hydrogens (tertiary/aromatic N) is 2. The van der Waals surface area contributed by atoms with Gasteiger partial charge in [-0.2, -0.15) is 0 Å². The van der Waals surface area contributed by atoms with E-state index in [-0.39, 0.29) is 23.4 Å². The van der Waals surface area contributed by atoms with Crippen molar-refractivity contribution in [2.24, 2.45) is 0 Å². The number of aryl methyl sites for hydroxylation is 1. The van der Waals surface area contributed by atoms with Crippen LogP contribution in [0.4, 0.5) is 5.88 Å². The average molecular weight is 351 g/mol. The summed E-state index contributed by atoms with van der Waals surface area (Å²) in [6.07, 6.45) is 1.17. The molecular weight excluding hydrogens is 330 g/mol. The molecule has 1 amide bonds. The van der Waals surface area contributed by atoms with Crippen LogP contribution in [0.3, 0.4) is 0 Å². The zero-order valence-corrected chi connectivity index (χ0v) is 14.9. The molecule has 0 radical (unpaired) electrons. The van der Waals surface area contributed by atoms with E-state index in [1.807, 2.05) is 18.9 Å². The van der Waals surface area contributed by atoms with E-state index < -0.39 is 9.84 Å². The first kappa shape index (κ1) is 18.2. The maximum absolute atomic E-state index is 12.0. The average Bonchev–Trinajstić information content (AvgIpc) is 2.90. The van der Waals surface area contributed by atoms with Crippen molar-refractivity contribution in [1.29, 1.82) is 0 Å². The molecule has 7 nitrogen and oxygen atoms in total. The highest BCUT2D eigenvalue weighted by molar-refractivity contribution is 7.90. The van der Waals surface area contributed by atoms with Gasteiger partial charge in [-0.3, -0.25) is 15.0 Å². The van der Waals surface area contributed by atoms with E-state index in [1.54, 1.807) is 37.3 Å². The highest BCUT2D eigenvalue weighted by atomic mass is 32.2. The lowest BCUT2D eigenvalue weighted by Crippen LogP contribution is -2.32. The number of aromatic nitrogens is 1. The number of likely N-dealkylation sites (N-methyl/N-ethyl adjacent to an activating group) is 1. The number of benzene rings is 1. The van der Waals surface area contributed by atoms with Crippen molar-refractivity contribution < 1.29 is 17.7 Å². The number of sulfone groups is 1. The summed E-state index contributed by atoms with van der Waals surface area (Å²) in [5.41, 5.74) is 1.62. The SMILES string of the molecule is Cc1cc(NC(=O)CN(C)C(C)c2ccc(S(C)(=O)=O)cc2)on1. The van der Waals surface area contributed by atoms with E-state index in [0.29, 0.717) is 11.6 Å². The summed E-state index contributed by atoms with van der Waals surface area (Å²) < 4.78 is 27.9. The van der Waals surface area contributed by atoms with Crippen LogP contribution in [0.1, 0.15) is 24.2 Å². The van der Waals surface area contributed by atoms with Gasteiger partial charge in [-0.15, -0.1) is 0 Å². The van der Waals surface area contributed by atoms with Gasteiger partial charge in [0.15, 0.2) is 9.84 Å². The van der Waals surface area contributed by atoms with Crippen LogP contribution >= 0.6 is 0 Å². The number of carbonyl (C=O) groups is 1. The molecule has 0 bridgehead atoms. The molecule has 0 saturated carbocycles. The second-order valence-electron chi connectivity index (χ2n) is 5.81. The summed E-state index contributed by atoms with van der Waals surface area (Å²) in [7, 11) is -1.39. The van der Waals surface area contributed by atoms with Crippen molar-refractivity contribution in [3.05, 3.63) is 41.6 Å². The molecule has 0 fully saturated rings. The van der Waals surface area contributed by atoms with Gasteiger partial charge in [-0.05, 0) is 38.6 Å². The second-order valence-corrected chi connectivity index (χ2v) is 7.83. The van der Waals surface area contributed by atoms with Gasteiger partial charge in [0.2, 0.25) is 11.8 Å². The molecule has 2 rings (SSSR count). The maximum Gasteiger partial charge on any atom is 0.240 e. The standard InChI is InChI=1S/C16H21N3O4S/c1-11-9-16(23-18-11)17-15(20)10-19(3)12(2)13-5-7-14(8-6-13)24(4,21)22/h5-9,12H,10H2,1-4H3,(H,17,20). The third kappa shape index (κ3) is 4.65. The van der Waals surface area contributed by atoms with Crippen LogP contribution in [0.2, 0.25) is 0 Å². The number of amides is 1. The van der Waals surface area contributed by atoms with Crippen molar-refractivity contribution in [2.45, 2.75) is 24.8 Å². The lowest BCUT2D eigenvalue weighted by Gasteiger charge is -2.24. The van der Waals surface area contributed by atoms with Crippen LogP contribution in [-0.4, -0.2) is 44.2 Å². The van der Waals surface area contributed by atoms with Crippen LogP contribution in [0.5, 0.6) is 0 Å². The molecule has 1 aromatic carbocycles. The van der Waals surface area contributed by atoms with E-state index in [0.717, 1.165) is 5.56 Å². The molecular formula is C16H21N3O4S. The van der Waals surface area contributed by atoms with Crippen molar-refractivity contribution in [3.8, 4) is 0 Å². The van der Waals surface area contributed by atoms with E-state index in [4.69, 9.17) is 4.52 Å². The molecule has 0 saturated heterocycles. The molecule has 2 aromatic rings. The molecule has 0 spiro atoms. The van der Waals surface area contributed by atoms with E-state index >= 15 is 0 Å². The summed E-state index contributed by atoms with van der Waals surface area (Å²) in [4.78, 5) is 14.2. The van der Waals surface area contributed by atoms with Crippen LogP contribution < -0.4 is 5.32 Å². The summed E-state index contributed by atoms with van der Waals surface area (Å²) >= 11 is 0. The molecule has 130 valence electrons. The molecule has 8 heteroatoms. The lowest BCUT2D eigenvalue weighted by atomic mass is 10.1. The predicted molar refractivity (Wildman–Crippen MR) is 90.5 cm³/mol. The minimum atomic E-state index is -3.21. The van der Waals surface area contributed by atoms with Crippen molar-refractivity contribution in [3.63, 3.8) is 0 Å². The number of carbonyl (C=O) groups excluding carboxylic acids is 1. The van der Waals surface area contributed by atoms with Crippen LogP contribution in [0.15, 0.2) is 39.8 Å². The molecule has 24 heavy (non-hydrogen) atoms. The Bertz CT molecular complexity index is 812. The zero-order valence-electron chi connectivity index (χ0n) is 14.1. The number of nitrogens with one attached hydrogen (secondary N) is 1. The second kappa shape index (κ2) is 7.14. The van der Waals surface area contributed by atoms with Gasteiger partial charge in [0, 0.05) is 18.4 Å². The quantitative estimate of drug-likeness (QED) is 0.856. The van der Waals surface area contributed by atoms with Gasteiger partial charge in [-0.1, -0.05) is 17.3 Å². The number of rotatable bonds is 6. The lowest BCUT2D eigenvalue weighted by molar-refractivity contribution is -0.117. The number of hydrogen-bond acceptors (Lipinski definition) is 6. The minimum absolute atomic E-state index is 0.0548. The van der Waals surface area contributed by atoms with E-state index in [2.05, 4.69) is 10.5 Å². The monoisotopic (exact) mass is 351 g/mol. The smallest absolute Gasteiger partial charge is 0.240 e. The molecule has 0 aliphatic carbocycles. The molecule has 1 aromatic heterocycles. The fraction of sp³-hybridized carbons (Fsp3) is 0.375. The molecule has 1 unspecified atom stereocenters. The van der Waals surface area contributed by atoms with Gasteiger partial charge in [0.05, 0.1) is 17.1 Å². The maximum atomic E-state index is 12.0. The van der Waals surface area contributed by atoms with Crippen LogP contribution in [0.25, 0.3) is 0 Å². The fourth-order valence-electron chi connectivity index (χ4n) is 2.21. The first-order chi connectivity index (χ1) is 11.2. The first-order valence-corrected chi connectivity index (χ1v) is 9.29. The molecule has 0 aliphatic heterocycles. The van der Waals surface area contributed by atoms with Gasteiger partial charge in [-0.25, -0.2) is 8.42 Å². The van der Waals surface area contributed by atoms with E-state index in [9.17, 15) is 13.2 Å². The molecule has 1 atom stereocenters. The van der Waals surface area contributed by atoms with Crippen LogP contribution in [0, 0.1) is 6.92 Å². The Morgan fingerprint density at radius 3 is 2.46 bits per heavy atom. The Hall–Kier alpha value is -2.19. The summed E-state index contributed by atoms with van der Waals surface area (Å²) in [6, 6.07) is 8.26. The number of anilines is 1. The Labute approximate surface area is 141 Å². The Morgan fingerprint density at radius 2 is 1.96 bits per heavy atom. The zero-order chi connectivity index (χ0) is 17.9. The van der Waals surface area contributed by atoms with Crippen molar-refractivity contribution >= 4 is 21.6 Å². The normalized spacial score (nSPS) is 13.0. The highest BCUT2D eigenvalue weighted by Crippen LogP contribution is 2.20. The Balaban J connectivity index is 1.98.